The Morgan fingerprint density at radius 1 is 1.27 bits per heavy atom. The smallest absolute Gasteiger partial charge is 0.191 e. The van der Waals surface area contributed by atoms with Gasteiger partial charge < -0.3 is 15.7 Å². The third kappa shape index (κ3) is 5.80. The van der Waals surface area contributed by atoms with Crippen molar-refractivity contribution in [2.45, 2.75) is 25.9 Å². The van der Waals surface area contributed by atoms with Crippen LogP contribution in [0.1, 0.15) is 25.0 Å². The van der Waals surface area contributed by atoms with Crippen molar-refractivity contribution in [3.8, 4) is 0 Å². The Bertz CT molecular complexity index is 738. The predicted molar refractivity (Wildman–Crippen MR) is 96.8 cm³/mol. The van der Waals surface area contributed by atoms with Crippen molar-refractivity contribution < 1.29 is 13.9 Å². The zero-order valence-electron chi connectivity index (χ0n) is 15.3. The normalized spacial score (nSPS) is 14.2. The van der Waals surface area contributed by atoms with Crippen LogP contribution in [0.4, 0.5) is 8.78 Å². The van der Waals surface area contributed by atoms with E-state index in [-0.39, 0.29) is 6.54 Å². The van der Waals surface area contributed by atoms with Crippen LogP contribution in [0.3, 0.4) is 0 Å². The molecular formula is C18H25F2N5O. The number of aromatic nitrogens is 2. The molecule has 1 unspecified atom stereocenters. The molecule has 26 heavy (non-hydrogen) atoms. The van der Waals surface area contributed by atoms with Crippen molar-refractivity contribution in [2.24, 2.45) is 12.0 Å². The van der Waals surface area contributed by atoms with E-state index in [1.807, 2.05) is 6.92 Å². The van der Waals surface area contributed by atoms with Crippen LogP contribution in [-0.4, -0.2) is 40.5 Å². The largest absolute Gasteiger partial charge is 0.383 e. The molecule has 0 amide bonds. The summed E-state index contributed by atoms with van der Waals surface area (Å²) in [5.74, 6) is -0.658. The third-order valence-electron chi connectivity index (χ3n) is 3.84. The van der Waals surface area contributed by atoms with Gasteiger partial charge in [-0.25, -0.2) is 13.8 Å². The molecule has 142 valence electrons. The fraction of sp³-hybridized carbons (Fsp3) is 0.444. The molecule has 2 rings (SSSR count). The third-order valence-corrected chi connectivity index (χ3v) is 3.84. The molecular weight excluding hydrogens is 340 g/mol. The van der Waals surface area contributed by atoms with Crippen LogP contribution in [0.25, 0.3) is 0 Å². The van der Waals surface area contributed by atoms with E-state index in [9.17, 15) is 13.9 Å². The lowest BCUT2D eigenvalue weighted by molar-refractivity contribution is 0.0672. The number of aliphatic imine (C=N–C) groups is 1. The van der Waals surface area contributed by atoms with Crippen molar-refractivity contribution in [3.63, 3.8) is 0 Å². The Morgan fingerprint density at radius 2 is 1.96 bits per heavy atom. The fourth-order valence-electron chi connectivity index (χ4n) is 2.45. The SMILES string of the molecule is CCNC(=NCC(C)(O)c1cnn(C)c1)NCCc1cc(F)cc(F)c1. The molecule has 1 atom stereocenters. The Hall–Kier alpha value is -2.48. The highest BCUT2D eigenvalue weighted by molar-refractivity contribution is 5.79. The number of rotatable bonds is 7. The second kappa shape index (κ2) is 8.75. The average Bonchev–Trinajstić information content (AvgIpc) is 2.99. The van der Waals surface area contributed by atoms with Crippen LogP contribution >= 0.6 is 0 Å². The number of benzene rings is 1. The molecule has 8 heteroatoms. The summed E-state index contributed by atoms with van der Waals surface area (Å²) in [5.41, 5.74) is 0.0884. The summed E-state index contributed by atoms with van der Waals surface area (Å²) in [4.78, 5) is 4.40. The van der Waals surface area contributed by atoms with Gasteiger partial charge in [0, 0.05) is 38.0 Å². The van der Waals surface area contributed by atoms with Gasteiger partial charge in [0.25, 0.3) is 0 Å². The molecule has 0 aliphatic heterocycles. The number of aliphatic hydroxyl groups is 1. The molecule has 0 radical (unpaired) electrons. The van der Waals surface area contributed by atoms with Crippen LogP contribution in [0.2, 0.25) is 0 Å². The molecule has 0 spiro atoms. The molecule has 2 aromatic rings. The maximum absolute atomic E-state index is 13.2. The van der Waals surface area contributed by atoms with Gasteiger partial charge in [-0.05, 0) is 38.0 Å². The number of nitrogens with one attached hydrogen (secondary N) is 2. The molecule has 1 heterocycles. The van der Waals surface area contributed by atoms with Crippen LogP contribution < -0.4 is 10.6 Å². The second-order valence-corrected chi connectivity index (χ2v) is 6.33. The maximum Gasteiger partial charge on any atom is 0.191 e. The zero-order chi connectivity index (χ0) is 19.2. The predicted octanol–water partition coefficient (Wildman–Crippen LogP) is 1.70. The summed E-state index contributed by atoms with van der Waals surface area (Å²) in [7, 11) is 1.78. The lowest BCUT2D eigenvalue weighted by atomic mass is 10.0. The first-order valence-corrected chi connectivity index (χ1v) is 8.49. The van der Waals surface area contributed by atoms with Gasteiger partial charge in [-0.1, -0.05) is 0 Å². The summed E-state index contributed by atoms with van der Waals surface area (Å²) >= 11 is 0. The van der Waals surface area contributed by atoms with Crippen LogP contribution in [-0.2, 0) is 19.1 Å². The minimum Gasteiger partial charge on any atom is -0.383 e. The van der Waals surface area contributed by atoms with Crippen molar-refractivity contribution in [1.29, 1.82) is 0 Å². The Labute approximate surface area is 152 Å². The summed E-state index contributed by atoms with van der Waals surface area (Å²) < 4.78 is 28.1. The lowest BCUT2D eigenvalue weighted by Gasteiger charge is -2.20. The minimum atomic E-state index is -1.15. The second-order valence-electron chi connectivity index (χ2n) is 6.33. The van der Waals surface area contributed by atoms with Crippen molar-refractivity contribution in [3.05, 3.63) is 53.4 Å². The quantitative estimate of drug-likeness (QED) is 0.516. The van der Waals surface area contributed by atoms with Gasteiger partial charge in [-0.15, -0.1) is 0 Å². The number of guanidine groups is 1. The standard InChI is InChI=1S/C18H25F2N5O/c1-4-21-17(22-6-5-13-7-15(19)9-16(20)8-13)23-12-18(2,26)14-10-24-25(3)11-14/h7-11,26H,4-6,12H2,1-3H3,(H2,21,22,23). The Kier molecular flexibility index (Phi) is 6.68. The van der Waals surface area contributed by atoms with Crippen LogP contribution in [0.5, 0.6) is 0 Å². The minimum absolute atomic E-state index is 0.141. The highest BCUT2D eigenvalue weighted by atomic mass is 19.1. The maximum atomic E-state index is 13.2. The molecule has 0 saturated heterocycles. The van der Waals surface area contributed by atoms with E-state index < -0.39 is 17.2 Å². The molecule has 0 saturated carbocycles. The molecule has 0 aliphatic carbocycles. The first kappa shape index (κ1) is 19.8. The first-order valence-electron chi connectivity index (χ1n) is 8.49. The summed E-state index contributed by atoms with van der Waals surface area (Å²) in [5, 5.41) is 20.8. The topological polar surface area (TPSA) is 74.5 Å². The van der Waals surface area contributed by atoms with Crippen molar-refractivity contribution in [1.82, 2.24) is 20.4 Å². The summed E-state index contributed by atoms with van der Waals surface area (Å²) in [6.07, 6.45) is 3.79. The zero-order valence-corrected chi connectivity index (χ0v) is 15.3. The summed E-state index contributed by atoms with van der Waals surface area (Å²) in [6, 6.07) is 3.47. The molecule has 0 fully saturated rings. The van der Waals surface area contributed by atoms with Gasteiger partial charge >= 0.3 is 0 Å². The molecule has 0 aliphatic rings. The highest BCUT2D eigenvalue weighted by Gasteiger charge is 2.24. The van der Waals surface area contributed by atoms with E-state index in [0.29, 0.717) is 36.6 Å². The number of hydrogen-bond acceptors (Lipinski definition) is 3. The van der Waals surface area contributed by atoms with Gasteiger partial charge in [0.05, 0.1) is 12.7 Å². The van der Waals surface area contributed by atoms with E-state index in [4.69, 9.17) is 0 Å². The highest BCUT2D eigenvalue weighted by Crippen LogP contribution is 2.19. The lowest BCUT2D eigenvalue weighted by Crippen LogP contribution is -2.39. The van der Waals surface area contributed by atoms with E-state index in [1.54, 1.807) is 31.0 Å². The van der Waals surface area contributed by atoms with Crippen molar-refractivity contribution in [2.75, 3.05) is 19.6 Å². The number of halogens is 2. The van der Waals surface area contributed by atoms with Gasteiger partial charge in [0.15, 0.2) is 5.96 Å². The first-order chi connectivity index (χ1) is 12.3. The van der Waals surface area contributed by atoms with E-state index in [1.165, 1.54) is 12.1 Å². The molecule has 0 bridgehead atoms. The van der Waals surface area contributed by atoms with Crippen molar-refractivity contribution >= 4 is 5.96 Å². The molecule has 3 N–H and O–H groups in total. The van der Waals surface area contributed by atoms with E-state index >= 15 is 0 Å². The van der Waals surface area contributed by atoms with Crippen LogP contribution in [0, 0.1) is 11.6 Å². The van der Waals surface area contributed by atoms with Crippen LogP contribution in [0.15, 0.2) is 35.6 Å². The Balaban J connectivity index is 1.95. The summed E-state index contributed by atoms with van der Waals surface area (Å²) in [6.45, 7) is 4.84. The molecule has 1 aromatic carbocycles. The number of hydrogen-bond donors (Lipinski definition) is 3. The Morgan fingerprint density at radius 3 is 2.54 bits per heavy atom. The number of aryl methyl sites for hydroxylation is 1. The fourth-order valence-corrected chi connectivity index (χ4v) is 2.45. The molecule has 1 aromatic heterocycles. The van der Waals surface area contributed by atoms with Gasteiger partial charge in [0.1, 0.15) is 17.2 Å². The van der Waals surface area contributed by atoms with Gasteiger partial charge in [0.2, 0.25) is 0 Å². The average molecular weight is 365 g/mol. The monoisotopic (exact) mass is 365 g/mol. The molecule has 6 nitrogen and oxygen atoms in total. The van der Waals surface area contributed by atoms with Gasteiger partial charge in [-0.2, -0.15) is 5.10 Å². The van der Waals surface area contributed by atoms with Gasteiger partial charge in [-0.3, -0.25) is 4.68 Å². The van der Waals surface area contributed by atoms with E-state index in [0.717, 1.165) is 6.07 Å². The number of nitrogens with zero attached hydrogens (tertiary/aromatic N) is 3. The van der Waals surface area contributed by atoms with E-state index in [2.05, 4.69) is 20.7 Å².